The smallest absolute Gasteiger partial charge is 0.00988 e. The fourth-order valence-corrected chi connectivity index (χ4v) is 4.94. The minimum absolute atomic E-state index is 1.29. The first-order valence-electron chi connectivity index (χ1n) is 10.9. The van der Waals surface area contributed by atoms with Crippen LogP contribution in [0.3, 0.4) is 0 Å². The van der Waals surface area contributed by atoms with Crippen molar-refractivity contribution in [3.05, 3.63) is 109 Å². The van der Waals surface area contributed by atoms with Crippen molar-refractivity contribution in [1.29, 1.82) is 0 Å². The van der Waals surface area contributed by atoms with E-state index >= 15 is 0 Å². The summed E-state index contributed by atoms with van der Waals surface area (Å²) in [5.74, 6) is 0. The topological polar surface area (TPSA) is 0 Å². The van der Waals surface area contributed by atoms with Crippen molar-refractivity contribution in [1.82, 2.24) is 0 Å². The Morgan fingerprint density at radius 1 is 0.312 bits per heavy atom. The van der Waals surface area contributed by atoms with Gasteiger partial charge in [0.15, 0.2) is 0 Å². The molecule has 0 N–H and O–H groups in total. The number of rotatable bonds is 0. The molecule has 0 heterocycles. The minimum atomic E-state index is 1.29. The molecule has 0 radical (unpaired) electrons. The van der Waals surface area contributed by atoms with Gasteiger partial charge in [-0.1, -0.05) is 60.7 Å². The van der Waals surface area contributed by atoms with Gasteiger partial charge in [-0.2, -0.15) is 12.6 Å². The average Bonchev–Trinajstić information content (AvgIpc) is 2.85. The Balaban J connectivity index is 0.000000953. The Morgan fingerprint density at radius 3 is 1.06 bits per heavy atom. The van der Waals surface area contributed by atoms with Crippen LogP contribution < -0.4 is 0 Å². The Bertz CT molecular complexity index is 1780. The molecule has 0 nitrogen and oxygen atoms in total. The van der Waals surface area contributed by atoms with E-state index in [0.717, 1.165) is 0 Å². The van der Waals surface area contributed by atoms with Gasteiger partial charge in [-0.3, -0.25) is 0 Å². The molecular weight excluding hydrogens is 404 g/mol. The van der Waals surface area contributed by atoms with E-state index in [9.17, 15) is 0 Å². The summed E-state index contributed by atoms with van der Waals surface area (Å²) in [6.07, 6.45) is 1.69. The highest BCUT2D eigenvalue weighted by Crippen LogP contribution is 2.34. The van der Waals surface area contributed by atoms with Gasteiger partial charge in [-0.25, -0.2) is 0 Å². The van der Waals surface area contributed by atoms with Crippen molar-refractivity contribution < 1.29 is 0 Å². The zero-order valence-electron chi connectivity index (χ0n) is 17.8. The molecule has 0 unspecified atom stereocenters. The van der Waals surface area contributed by atoms with Crippen LogP contribution in [0.25, 0.3) is 64.6 Å². The molecule has 32 heavy (non-hydrogen) atoms. The lowest BCUT2D eigenvalue weighted by molar-refractivity contribution is 1.78. The third-order valence-electron chi connectivity index (χ3n) is 6.48. The monoisotopic (exact) mass is 426 g/mol. The summed E-state index contributed by atoms with van der Waals surface area (Å²) in [6.45, 7) is 0. The van der Waals surface area contributed by atoms with Gasteiger partial charge in [0.05, 0.1) is 0 Å². The molecule has 0 saturated carbocycles. The second-order valence-electron chi connectivity index (χ2n) is 8.31. The third-order valence-corrected chi connectivity index (χ3v) is 6.48. The van der Waals surface area contributed by atoms with Gasteiger partial charge in [0.1, 0.15) is 0 Å². The Morgan fingerprint density at radius 2 is 0.594 bits per heavy atom. The van der Waals surface area contributed by atoms with E-state index in [1.54, 1.807) is 6.26 Å². The van der Waals surface area contributed by atoms with Crippen LogP contribution in [0.5, 0.6) is 0 Å². The van der Waals surface area contributed by atoms with E-state index in [-0.39, 0.29) is 0 Å². The molecule has 0 spiro atoms. The van der Waals surface area contributed by atoms with Crippen LogP contribution >= 0.6 is 12.6 Å². The molecule has 0 saturated heterocycles. The van der Waals surface area contributed by atoms with Gasteiger partial charge < -0.3 is 0 Å². The highest BCUT2D eigenvalue weighted by molar-refractivity contribution is 7.79. The standard InChI is InChI=1S/C30H18.CH4S/c1-2-7-21-13-26-16-28-18-30-24(14-27(28)15-25(26)12-20(21)6-1)10-9-23-11-19-5-3-4-8-22(19)17-29(23)30;1-2/h1-18H;2H,1H3. The fourth-order valence-electron chi connectivity index (χ4n) is 4.94. The zero-order valence-corrected chi connectivity index (χ0v) is 18.7. The number of fused-ring (bicyclic) bond motifs is 7. The summed E-state index contributed by atoms with van der Waals surface area (Å²) in [5.41, 5.74) is 0. The molecular formula is C31H22S. The molecule has 0 aliphatic rings. The van der Waals surface area contributed by atoms with Crippen molar-refractivity contribution in [2.24, 2.45) is 0 Å². The lowest BCUT2D eigenvalue weighted by Crippen LogP contribution is -1.83. The molecule has 7 aromatic rings. The summed E-state index contributed by atoms with van der Waals surface area (Å²) in [4.78, 5) is 0. The second-order valence-corrected chi connectivity index (χ2v) is 8.31. The third kappa shape index (κ3) is 3.01. The lowest BCUT2D eigenvalue weighted by Gasteiger charge is -2.10. The molecule has 0 aliphatic carbocycles. The maximum atomic E-state index is 3.53. The molecule has 0 amide bonds. The largest absolute Gasteiger partial charge is 0.183 e. The predicted octanol–water partition coefficient (Wildman–Crippen LogP) is 9.15. The van der Waals surface area contributed by atoms with E-state index in [2.05, 4.69) is 122 Å². The lowest BCUT2D eigenvalue weighted by atomic mass is 9.94. The molecule has 0 bridgehead atoms. The van der Waals surface area contributed by atoms with Gasteiger partial charge in [-0.05, 0) is 119 Å². The number of hydrogen-bond donors (Lipinski definition) is 1. The minimum Gasteiger partial charge on any atom is -0.183 e. The first kappa shape index (κ1) is 19.2. The Kier molecular flexibility index (Phi) is 4.52. The van der Waals surface area contributed by atoms with Crippen molar-refractivity contribution in [2.75, 3.05) is 6.26 Å². The van der Waals surface area contributed by atoms with Crippen LogP contribution in [-0.4, -0.2) is 6.26 Å². The van der Waals surface area contributed by atoms with Crippen LogP contribution in [0.15, 0.2) is 109 Å². The van der Waals surface area contributed by atoms with E-state index in [4.69, 9.17) is 0 Å². The predicted molar refractivity (Wildman–Crippen MR) is 146 cm³/mol. The normalized spacial score (nSPS) is 11.4. The maximum absolute atomic E-state index is 3.53. The maximum Gasteiger partial charge on any atom is -0.00988 e. The van der Waals surface area contributed by atoms with Crippen LogP contribution in [0, 0.1) is 0 Å². The first-order chi connectivity index (χ1) is 15.8. The highest BCUT2D eigenvalue weighted by atomic mass is 32.1. The van der Waals surface area contributed by atoms with Crippen molar-refractivity contribution in [2.45, 2.75) is 0 Å². The molecule has 7 rings (SSSR count). The van der Waals surface area contributed by atoms with Crippen LogP contribution in [0.1, 0.15) is 0 Å². The summed E-state index contributed by atoms with van der Waals surface area (Å²) in [5, 5.41) is 15.6. The Labute approximate surface area is 192 Å². The van der Waals surface area contributed by atoms with Gasteiger partial charge in [0.2, 0.25) is 0 Å². The van der Waals surface area contributed by atoms with Crippen LogP contribution in [0.2, 0.25) is 0 Å². The fraction of sp³-hybridized carbons (Fsp3) is 0.0323. The van der Waals surface area contributed by atoms with Gasteiger partial charge in [0, 0.05) is 0 Å². The zero-order chi connectivity index (χ0) is 21.7. The second kappa shape index (κ2) is 7.55. The van der Waals surface area contributed by atoms with Crippen LogP contribution in [-0.2, 0) is 0 Å². The first-order valence-corrected chi connectivity index (χ1v) is 11.8. The average molecular weight is 427 g/mol. The van der Waals surface area contributed by atoms with Crippen molar-refractivity contribution in [3.63, 3.8) is 0 Å². The molecule has 7 aromatic carbocycles. The highest BCUT2D eigenvalue weighted by Gasteiger charge is 2.07. The molecule has 0 aliphatic heterocycles. The van der Waals surface area contributed by atoms with Crippen molar-refractivity contribution in [3.8, 4) is 0 Å². The molecule has 0 fully saturated rings. The Hall–Kier alpha value is -3.55. The molecule has 152 valence electrons. The SMILES string of the molecule is CS.c1ccc2cc3cc4cc5c(ccc6cc7ccccc7cc65)cc4cc3cc2c1. The van der Waals surface area contributed by atoms with Crippen LogP contribution in [0.4, 0.5) is 0 Å². The summed E-state index contributed by atoms with van der Waals surface area (Å²) in [7, 11) is 0. The molecule has 0 aromatic heterocycles. The number of thiol groups is 1. The number of benzene rings is 7. The van der Waals surface area contributed by atoms with E-state index in [1.807, 2.05) is 0 Å². The summed E-state index contributed by atoms with van der Waals surface area (Å²) in [6, 6.07) is 40.4. The molecule has 1 heteroatoms. The van der Waals surface area contributed by atoms with Gasteiger partial charge in [0.25, 0.3) is 0 Å². The number of hydrogen-bond acceptors (Lipinski definition) is 1. The summed E-state index contributed by atoms with van der Waals surface area (Å²) < 4.78 is 0. The van der Waals surface area contributed by atoms with Crippen molar-refractivity contribution >= 4 is 77.3 Å². The van der Waals surface area contributed by atoms with E-state index < -0.39 is 0 Å². The van der Waals surface area contributed by atoms with Gasteiger partial charge in [-0.15, -0.1) is 0 Å². The van der Waals surface area contributed by atoms with E-state index in [1.165, 1.54) is 64.6 Å². The summed E-state index contributed by atoms with van der Waals surface area (Å²) >= 11 is 3.53. The quantitative estimate of drug-likeness (QED) is 0.139. The molecule has 0 atom stereocenters. The van der Waals surface area contributed by atoms with Gasteiger partial charge >= 0.3 is 0 Å². The van der Waals surface area contributed by atoms with E-state index in [0.29, 0.717) is 0 Å².